The molecule has 0 aliphatic heterocycles. The fraction of sp³-hybridized carbons (Fsp3) is 0.278. The van der Waals surface area contributed by atoms with Gasteiger partial charge in [-0.2, -0.15) is 0 Å². The first kappa shape index (κ1) is 16.0. The zero-order valence-electron chi connectivity index (χ0n) is 13.1. The molecule has 2 N–H and O–H groups in total. The van der Waals surface area contributed by atoms with Crippen LogP contribution in [0.25, 0.3) is 0 Å². The maximum absolute atomic E-state index is 13.5. The van der Waals surface area contributed by atoms with Crippen LogP contribution in [0, 0.1) is 5.82 Å². The molecule has 1 atom stereocenters. The highest BCUT2D eigenvalue weighted by Gasteiger charge is 2.14. The molecule has 2 aromatic rings. The average molecular weight is 300 g/mol. The number of benzene rings is 2. The Hall–Kier alpha value is -2.36. The number of nitrogens with one attached hydrogen (secondary N) is 2. The molecule has 0 aromatic heterocycles. The number of carbonyl (C=O) groups excluding carboxylic acids is 1. The molecule has 22 heavy (non-hydrogen) atoms. The molecule has 0 aliphatic rings. The molecule has 1 amide bonds. The summed E-state index contributed by atoms with van der Waals surface area (Å²) < 4.78 is 13.5. The minimum absolute atomic E-state index is 0.192. The van der Waals surface area contributed by atoms with Gasteiger partial charge in [0, 0.05) is 5.69 Å². The summed E-state index contributed by atoms with van der Waals surface area (Å²) in [4.78, 5) is 12.1. The molecule has 2 rings (SSSR count). The summed E-state index contributed by atoms with van der Waals surface area (Å²) in [6.07, 6.45) is 0. The molecule has 3 nitrogen and oxygen atoms in total. The van der Waals surface area contributed by atoms with Gasteiger partial charge in [0.1, 0.15) is 11.9 Å². The number of halogens is 1. The lowest BCUT2D eigenvalue weighted by molar-refractivity contribution is -0.116. The van der Waals surface area contributed by atoms with Gasteiger partial charge in [-0.15, -0.1) is 0 Å². The maximum atomic E-state index is 13.5. The third-order valence-electron chi connectivity index (χ3n) is 3.46. The second-order valence-electron chi connectivity index (χ2n) is 5.62. The topological polar surface area (TPSA) is 41.1 Å². The average Bonchev–Trinajstić information content (AvgIpc) is 2.49. The molecule has 2 aromatic carbocycles. The van der Waals surface area contributed by atoms with Gasteiger partial charge in [0.05, 0.1) is 5.69 Å². The summed E-state index contributed by atoms with van der Waals surface area (Å²) in [5.41, 5.74) is 2.27. The van der Waals surface area contributed by atoms with E-state index < -0.39 is 11.9 Å². The molecule has 4 heteroatoms. The van der Waals surface area contributed by atoms with Crippen LogP contribution in [0.15, 0.2) is 48.5 Å². The number of hydrogen-bond donors (Lipinski definition) is 2. The number of carbonyl (C=O) groups is 1. The lowest BCUT2D eigenvalue weighted by atomic mass is 10.0. The highest BCUT2D eigenvalue weighted by molar-refractivity contribution is 5.96. The van der Waals surface area contributed by atoms with E-state index in [9.17, 15) is 9.18 Å². The van der Waals surface area contributed by atoms with Crippen molar-refractivity contribution in [1.29, 1.82) is 0 Å². The van der Waals surface area contributed by atoms with Gasteiger partial charge in [0.25, 0.3) is 0 Å². The van der Waals surface area contributed by atoms with Crippen molar-refractivity contribution in [2.45, 2.75) is 32.7 Å². The summed E-state index contributed by atoms with van der Waals surface area (Å²) in [6, 6.07) is 13.6. The van der Waals surface area contributed by atoms with Crippen LogP contribution in [0.2, 0.25) is 0 Å². The van der Waals surface area contributed by atoms with Crippen molar-refractivity contribution in [2.24, 2.45) is 0 Å². The van der Waals surface area contributed by atoms with Crippen LogP contribution in [0.1, 0.15) is 32.3 Å². The van der Waals surface area contributed by atoms with Crippen LogP contribution in [0.3, 0.4) is 0 Å². The van der Waals surface area contributed by atoms with E-state index in [1.165, 1.54) is 11.6 Å². The molecule has 116 valence electrons. The van der Waals surface area contributed by atoms with Crippen LogP contribution in [-0.2, 0) is 4.79 Å². The van der Waals surface area contributed by atoms with Crippen LogP contribution < -0.4 is 10.6 Å². The Bertz CT molecular complexity index is 655. The molecule has 0 bridgehead atoms. The van der Waals surface area contributed by atoms with Crippen molar-refractivity contribution in [3.63, 3.8) is 0 Å². The van der Waals surface area contributed by atoms with Gasteiger partial charge in [-0.05, 0) is 42.7 Å². The van der Waals surface area contributed by atoms with Gasteiger partial charge in [0.15, 0.2) is 0 Å². The molecule has 0 fully saturated rings. The Morgan fingerprint density at radius 1 is 1.05 bits per heavy atom. The summed E-state index contributed by atoms with van der Waals surface area (Å²) in [6.45, 7) is 5.99. The summed E-state index contributed by atoms with van der Waals surface area (Å²) in [7, 11) is 0. The van der Waals surface area contributed by atoms with Crippen molar-refractivity contribution < 1.29 is 9.18 Å². The van der Waals surface area contributed by atoms with Gasteiger partial charge in [-0.3, -0.25) is 4.79 Å². The third-order valence-corrected chi connectivity index (χ3v) is 3.46. The number of anilines is 2. The van der Waals surface area contributed by atoms with E-state index in [1.807, 2.05) is 18.2 Å². The first-order chi connectivity index (χ1) is 10.5. The van der Waals surface area contributed by atoms with Gasteiger partial charge in [-0.25, -0.2) is 4.39 Å². The molecule has 0 saturated heterocycles. The van der Waals surface area contributed by atoms with E-state index in [0.29, 0.717) is 5.92 Å². The van der Waals surface area contributed by atoms with Crippen molar-refractivity contribution in [3.05, 3.63) is 59.9 Å². The predicted octanol–water partition coefficient (Wildman–Crippen LogP) is 4.39. The van der Waals surface area contributed by atoms with E-state index in [4.69, 9.17) is 0 Å². The van der Waals surface area contributed by atoms with Crippen LogP contribution in [-0.4, -0.2) is 11.9 Å². The van der Waals surface area contributed by atoms with Gasteiger partial charge in [0.2, 0.25) is 5.91 Å². The minimum atomic E-state index is -0.470. The van der Waals surface area contributed by atoms with E-state index >= 15 is 0 Å². The van der Waals surface area contributed by atoms with Crippen LogP contribution >= 0.6 is 0 Å². The molecule has 0 spiro atoms. The largest absolute Gasteiger partial charge is 0.374 e. The van der Waals surface area contributed by atoms with Crippen LogP contribution in [0.5, 0.6) is 0 Å². The Morgan fingerprint density at radius 3 is 2.45 bits per heavy atom. The summed E-state index contributed by atoms with van der Waals surface area (Å²) in [5, 5.41) is 5.73. The maximum Gasteiger partial charge on any atom is 0.246 e. The SMILES string of the molecule is CC(C)c1cccc(N[C@H](C)C(=O)Nc2ccccc2F)c1. The molecule has 0 unspecified atom stereocenters. The number of hydrogen-bond acceptors (Lipinski definition) is 2. The van der Waals surface area contributed by atoms with E-state index in [2.05, 4.69) is 30.5 Å². The Labute approximate surface area is 130 Å². The predicted molar refractivity (Wildman–Crippen MR) is 88.6 cm³/mol. The quantitative estimate of drug-likeness (QED) is 0.860. The van der Waals surface area contributed by atoms with E-state index in [0.717, 1.165) is 5.69 Å². The fourth-order valence-electron chi connectivity index (χ4n) is 2.11. The Morgan fingerprint density at radius 2 is 1.77 bits per heavy atom. The number of amides is 1. The zero-order valence-corrected chi connectivity index (χ0v) is 13.1. The minimum Gasteiger partial charge on any atom is -0.374 e. The molecule has 0 saturated carbocycles. The van der Waals surface area contributed by atoms with Gasteiger partial charge >= 0.3 is 0 Å². The first-order valence-electron chi connectivity index (χ1n) is 7.39. The van der Waals surface area contributed by atoms with Gasteiger partial charge in [-0.1, -0.05) is 38.1 Å². The number of rotatable bonds is 5. The number of para-hydroxylation sites is 1. The van der Waals surface area contributed by atoms with Gasteiger partial charge < -0.3 is 10.6 Å². The monoisotopic (exact) mass is 300 g/mol. The lowest BCUT2D eigenvalue weighted by Crippen LogP contribution is -2.32. The van der Waals surface area contributed by atoms with Crippen LogP contribution in [0.4, 0.5) is 15.8 Å². The van der Waals surface area contributed by atoms with Crippen molar-refractivity contribution in [2.75, 3.05) is 10.6 Å². The first-order valence-corrected chi connectivity index (χ1v) is 7.39. The highest BCUT2D eigenvalue weighted by Crippen LogP contribution is 2.19. The standard InChI is InChI=1S/C18H21FN2O/c1-12(2)14-7-6-8-15(11-14)20-13(3)18(22)21-17-10-5-4-9-16(17)19/h4-13,20H,1-3H3,(H,21,22)/t13-/m1/s1. The molecule has 0 heterocycles. The van der Waals surface area contributed by atoms with Crippen molar-refractivity contribution in [3.8, 4) is 0 Å². The third kappa shape index (κ3) is 4.07. The van der Waals surface area contributed by atoms with Crippen molar-refractivity contribution in [1.82, 2.24) is 0 Å². The normalized spacial score (nSPS) is 12.0. The lowest BCUT2D eigenvalue weighted by Gasteiger charge is -2.17. The summed E-state index contributed by atoms with van der Waals surface area (Å²) in [5.74, 6) is -0.297. The van der Waals surface area contributed by atoms with E-state index in [-0.39, 0.29) is 11.6 Å². The highest BCUT2D eigenvalue weighted by atomic mass is 19.1. The summed E-state index contributed by atoms with van der Waals surface area (Å²) >= 11 is 0. The molecular weight excluding hydrogens is 279 g/mol. The second kappa shape index (κ2) is 7.07. The Balaban J connectivity index is 2.02. The van der Waals surface area contributed by atoms with Crippen molar-refractivity contribution >= 4 is 17.3 Å². The Kier molecular flexibility index (Phi) is 5.15. The zero-order chi connectivity index (χ0) is 16.1. The molecular formula is C18H21FN2O. The molecule has 0 aliphatic carbocycles. The fourth-order valence-corrected chi connectivity index (χ4v) is 2.11. The molecule has 0 radical (unpaired) electrons. The smallest absolute Gasteiger partial charge is 0.246 e. The second-order valence-corrected chi connectivity index (χ2v) is 5.62. The van der Waals surface area contributed by atoms with E-state index in [1.54, 1.807) is 25.1 Å².